The maximum absolute atomic E-state index is 10.7. The lowest BCUT2D eigenvalue weighted by Gasteiger charge is -2.29. The monoisotopic (exact) mass is 226 g/mol. The summed E-state index contributed by atoms with van der Waals surface area (Å²) in [5, 5.41) is 4.86. The predicted octanol–water partition coefficient (Wildman–Crippen LogP) is 0.701. The first-order valence-electron chi connectivity index (χ1n) is 4.21. The van der Waals surface area contributed by atoms with Crippen molar-refractivity contribution >= 4 is 22.0 Å². The van der Waals surface area contributed by atoms with Crippen LogP contribution in [0.1, 0.15) is 26.7 Å². The van der Waals surface area contributed by atoms with Gasteiger partial charge in [0, 0.05) is 11.3 Å². The molecule has 0 bridgehead atoms. The average molecular weight is 226 g/mol. The van der Waals surface area contributed by atoms with Gasteiger partial charge in [0.2, 0.25) is 0 Å². The van der Waals surface area contributed by atoms with E-state index < -0.39 is 10.2 Å². The second-order valence-corrected chi connectivity index (χ2v) is 5.61. The maximum atomic E-state index is 10.7. The Kier molecular flexibility index (Phi) is 5.28. The van der Waals surface area contributed by atoms with Gasteiger partial charge < -0.3 is 0 Å². The van der Waals surface area contributed by atoms with E-state index in [0.717, 1.165) is 12.8 Å². The molecule has 3 N–H and O–H groups in total. The molecule has 13 heavy (non-hydrogen) atoms. The van der Waals surface area contributed by atoms with Crippen LogP contribution in [0.15, 0.2) is 0 Å². The van der Waals surface area contributed by atoms with Crippen molar-refractivity contribution in [2.24, 2.45) is 5.14 Å². The van der Waals surface area contributed by atoms with Gasteiger partial charge in [-0.25, -0.2) is 9.86 Å². The van der Waals surface area contributed by atoms with Crippen LogP contribution in [0.4, 0.5) is 0 Å². The van der Waals surface area contributed by atoms with E-state index in [1.807, 2.05) is 20.1 Å². The fraction of sp³-hybridized carbons (Fsp3) is 1.00. The summed E-state index contributed by atoms with van der Waals surface area (Å²) in [4.78, 5) is 0. The van der Waals surface area contributed by atoms with Crippen LogP contribution in [0.2, 0.25) is 0 Å². The Bertz CT molecular complexity index is 227. The summed E-state index contributed by atoms with van der Waals surface area (Å²) in [6, 6.07) is 0. The molecule has 0 aliphatic rings. The van der Waals surface area contributed by atoms with E-state index in [9.17, 15) is 8.42 Å². The topological polar surface area (TPSA) is 72.2 Å². The molecular weight excluding hydrogens is 208 g/mol. The summed E-state index contributed by atoms with van der Waals surface area (Å²) in [5.41, 5.74) is 0. The fourth-order valence-corrected chi connectivity index (χ4v) is 2.46. The van der Waals surface area contributed by atoms with Gasteiger partial charge in [0.1, 0.15) is 0 Å². The lowest BCUT2D eigenvalue weighted by Crippen LogP contribution is -2.42. The molecule has 0 rings (SSSR count). The van der Waals surface area contributed by atoms with E-state index in [4.69, 9.17) is 5.14 Å². The first kappa shape index (κ1) is 13.2. The molecule has 0 aromatic heterocycles. The van der Waals surface area contributed by atoms with Crippen LogP contribution in [0.3, 0.4) is 0 Å². The Morgan fingerprint density at radius 3 is 2.08 bits per heavy atom. The van der Waals surface area contributed by atoms with Gasteiger partial charge in [0.05, 0.1) is 0 Å². The van der Waals surface area contributed by atoms with Crippen LogP contribution >= 0.6 is 11.8 Å². The third-order valence-electron chi connectivity index (χ3n) is 2.32. The SMILES string of the molecule is CCC(CC)(CNS(N)(=O)=O)SC. The summed E-state index contributed by atoms with van der Waals surface area (Å²) in [7, 11) is -3.55. The molecule has 0 atom stereocenters. The highest BCUT2D eigenvalue weighted by Gasteiger charge is 2.25. The first-order chi connectivity index (χ1) is 5.89. The molecule has 6 heteroatoms. The average Bonchev–Trinajstić information content (AvgIpc) is 2.06. The lowest BCUT2D eigenvalue weighted by molar-refractivity contribution is 0.522. The zero-order valence-electron chi connectivity index (χ0n) is 8.33. The molecule has 4 nitrogen and oxygen atoms in total. The highest BCUT2D eigenvalue weighted by atomic mass is 32.2. The van der Waals surface area contributed by atoms with Crippen LogP contribution in [0.5, 0.6) is 0 Å². The maximum Gasteiger partial charge on any atom is 0.274 e. The lowest BCUT2D eigenvalue weighted by atomic mass is 10.0. The summed E-state index contributed by atoms with van der Waals surface area (Å²) < 4.78 is 23.7. The van der Waals surface area contributed by atoms with Gasteiger partial charge in [-0.05, 0) is 19.1 Å². The number of hydrogen-bond donors (Lipinski definition) is 2. The number of rotatable bonds is 6. The van der Waals surface area contributed by atoms with Crippen molar-refractivity contribution in [3.05, 3.63) is 0 Å². The fourth-order valence-electron chi connectivity index (χ4n) is 1.09. The van der Waals surface area contributed by atoms with E-state index in [0.29, 0.717) is 6.54 Å². The summed E-state index contributed by atoms with van der Waals surface area (Å²) in [6.45, 7) is 4.50. The summed E-state index contributed by atoms with van der Waals surface area (Å²) >= 11 is 1.68. The van der Waals surface area contributed by atoms with Crippen molar-refractivity contribution in [1.82, 2.24) is 4.72 Å². The molecule has 0 aliphatic heterocycles. The Hall–Kier alpha value is 0.220. The normalized spacial score (nSPS) is 13.2. The van der Waals surface area contributed by atoms with Crippen molar-refractivity contribution in [2.75, 3.05) is 12.8 Å². The smallest absolute Gasteiger partial charge is 0.216 e. The molecule has 0 aromatic rings. The van der Waals surface area contributed by atoms with Crippen molar-refractivity contribution in [3.8, 4) is 0 Å². The van der Waals surface area contributed by atoms with Crippen LogP contribution in [0.25, 0.3) is 0 Å². The van der Waals surface area contributed by atoms with Crippen LogP contribution in [-0.4, -0.2) is 26.0 Å². The largest absolute Gasteiger partial charge is 0.274 e. The zero-order valence-corrected chi connectivity index (χ0v) is 9.96. The minimum Gasteiger partial charge on any atom is -0.216 e. The zero-order chi connectivity index (χ0) is 10.5. The molecule has 80 valence electrons. The number of nitrogens with two attached hydrogens (primary N) is 1. The molecule has 0 fully saturated rings. The van der Waals surface area contributed by atoms with Gasteiger partial charge in [-0.2, -0.15) is 20.2 Å². The molecule has 0 heterocycles. The Morgan fingerprint density at radius 1 is 1.38 bits per heavy atom. The second-order valence-electron chi connectivity index (χ2n) is 2.96. The quantitative estimate of drug-likeness (QED) is 0.700. The standard InChI is InChI=1S/C7H18N2O2S2/c1-4-7(5-2,12-3)6-9-13(8,10)11/h9H,4-6H2,1-3H3,(H2,8,10,11). The van der Waals surface area contributed by atoms with Gasteiger partial charge in [0.25, 0.3) is 10.2 Å². The second kappa shape index (κ2) is 5.19. The molecule has 0 spiro atoms. The Balaban J connectivity index is 4.27. The van der Waals surface area contributed by atoms with Crippen LogP contribution in [-0.2, 0) is 10.2 Å². The van der Waals surface area contributed by atoms with E-state index in [1.165, 1.54) is 0 Å². The Morgan fingerprint density at radius 2 is 1.85 bits per heavy atom. The molecule has 0 unspecified atom stereocenters. The van der Waals surface area contributed by atoms with Crippen molar-refractivity contribution in [1.29, 1.82) is 0 Å². The molecule has 0 amide bonds. The van der Waals surface area contributed by atoms with Crippen molar-refractivity contribution in [3.63, 3.8) is 0 Å². The van der Waals surface area contributed by atoms with Gasteiger partial charge in [-0.3, -0.25) is 0 Å². The van der Waals surface area contributed by atoms with Crippen molar-refractivity contribution < 1.29 is 8.42 Å². The molecule has 0 aromatic carbocycles. The molecular formula is C7H18N2O2S2. The minimum atomic E-state index is -3.55. The van der Waals surface area contributed by atoms with E-state index in [-0.39, 0.29) is 4.75 Å². The number of thioether (sulfide) groups is 1. The molecule has 0 aliphatic carbocycles. The summed E-state index contributed by atoms with van der Waals surface area (Å²) in [5.74, 6) is 0. The van der Waals surface area contributed by atoms with Gasteiger partial charge in [0.15, 0.2) is 0 Å². The Labute approximate surface area is 84.8 Å². The predicted molar refractivity (Wildman–Crippen MR) is 57.9 cm³/mol. The number of hydrogen-bond acceptors (Lipinski definition) is 3. The van der Waals surface area contributed by atoms with Gasteiger partial charge >= 0.3 is 0 Å². The van der Waals surface area contributed by atoms with Crippen LogP contribution in [0, 0.1) is 0 Å². The highest BCUT2D eigenvalue weighted by molar-refractivity contribution is 8.00. The highest BCUT2D eigenvalue weighted by Crippen LogP contribution is 2.29. The van der Waals surface area contributed by atoms with Crippen LogP contribution < -0.4 is 9.86 Å². The molecule has 0 radical (unpaired) electrons. The number of nitrogens with one attached hydrogen (secondary N) is 1. The van der Waals surface area contributed by atoms with Gasteiger partial charge in [-0.1, -0.05) is 13.8 Å². The van der Waals surface area contributed by atoms with Crippen molar-refractivity contribution in [2.45, 2.75) is 31.4 Å². The van der Waals surface area contributed by atoms with E-state index in [1.54, 1.807) is 11.8 Å². The van der Waals surface area contributed by atoms with Gasteiger partial charge in [-0.15, -0.1) is 0 Å². The minimum absolute atomic E-state index is 0.0214. The summed E-state index contributed by atoms with van der Waals surface area (Å²) in [6.07, 6.45) is 3.83. The third-order valence-corrected chi connectivity index (χ3v) is 4.45. The molecule has 0 saturated heterocycles. The first-order valence-corrected chi connectivity index (χ1v) is 6.99. The van der Waals surface area contributed by atoms with E-state index in [2.05, 4.69) is 4.72 Å². The molecule has 0 saturated carbocycles. The van der Waals surface area contributed by atoms with E-state index >= 15 is 0 Å². The third kappa shape index (κ3) is 4.85.